The highest BCUT2D eigenvalue weighted by Gasteiger charge is 2.15. The van der Waals surface area contributed by atoms with Crippen LogP contribution in [0.3, 0.4) is 0 Å². The van der Waals surface area contributed by atoms with Gasteiger partial charge in [-0.1, -0.05) is 0 Å². The number of primary sulfonamides is 1. The number of nitrogens with one attached hydrogen (secondary N) is 1. The summed E-state index contributed by atoms with van der Waals surface area (Å²) in [6, 6.07) is 2.62. The molecule has 2 rings (SSSR count). The van der Waals surface area contributed by atoms with E-state index in [1.165, 1.54) is 0 Å². The van der Waals surface area contributed by atoms with Crippen molar-refractivity contribution in [1.82, 2.24) is 15.2 Å². The highest BCUT2D eigenvalue weighted by Crippen LogP contribution is 2.18. The zero-order valence-corrected chi connectivity index (χ0v) is 9.00. The van der Waals surface area contributed by atoms with Crippen LogP contribution in [0, 0.1) is 11.6 Å². The van der Waals surface area contributed by atoms with Gasteiger partial charge in [0.15, 0.2) is 5.82 Å². The number of hydrogen-bond acceptors (Lipinski definition) is 4. The number of halogens is 2. The van der Waals surface area contributed by atoms with Crippen molar-refractivity contribution in [3.8, 4) is 11.4 Å². The number of aromatic nitrogens is 3. The van der Waals surface area contributed by atoms with Crippen LogP contribution in [0.5, 0.6) is 0 Å². The van der Waals surface area contributed by atoms with Crippen LogP contribution in [0.1, 0.15) is 0 Å². The van der Waals surface area contributed by atoms with E-state index in [0.29, 0.717) is 6.07 Å². The minimum Gasteiger partial charge on any atom is -0.248 e. The van der Waals surface area contributed by atoms with Crippen LogP contribution in [0.15, 0.2) is 23.4 Å². The van der Waals surface area contributed by atoms with Gasteiger partial charge in [-0.3, -0.25) is 0 Å². The first kappa shape index (κ1) is 11.6. The van der Waals surface area contributed by atoms with Crippen LogP contribution < -0.4 is 5.14 Å². The van der Waals surface area contributed by atoms with Crippen molar-refractivity contribution in [2.75, 3.05) is 0 Å². The lowest BCUT2D eigenvalue weighted by Crippen LogP contribution is -2.13. The summed E-state index contributed by atoms with van der Waals surface area (Å²) >= 11 is 0. The van der Waals surface area contributed by atoms with Crippen LogP contribution in [-0.2, 0) is 10.0 Å². The zero-order chi connectivity index (χ0) is 12.6. The number of H-pyrrole nitrogens is 1. The van der Waals surface area contributed by atoms with E-state index in [0.717, 1.165) is 12.1 Å². The topological polar surface area (TPSA) is 102 Å². The van der Waals surface area contributed by atoms with Gasteiger partial charge >= 0.3 is 0 Å². The van der Waals surface area contributed by atoms with Gasteiger partial charge in [0.25, 0.3) is 15.2 Å². The lowest BCUT2D eigenvalue weighted by atomic mass is 10.2. The maximum absolute atomic E-state index is 12.9. The van der Waals surface area contributed by atoms with E-state index in [1.807, 2.05) is 0 Å². The van der Waals surface area contributed by atoms with Crippen LogP contribution in [0.25, 0.3) is 11.4 Å². The van der Waals surface area contributed by atoms with Crippen LogP contribution in [0.2, 0.25) is 0 Å². The third kappa shape index (κ3) is 2.45. The number of aromatic amines is 1. The van der Waals surface area contributed by atoms with Gasteiger partial charge < -0.3 is 0 Å². The molecule has 0 aliphatic rings. The molecule has 6 nitrogen and oxygen atoms in total. The van der Waals surface area contributed by atoms with Crippen molar-refractivity contribution in [3.63, 3.8) is 0 Å². The third-order valence-electron chi connectivity index (χ3n) is 1.86. The monoisotopic (exact) mass is 260 g/mol. The summed E-state index contributed by atoms with van der Waals surface area (Å²) in [5, 5.41) is 9.80. The van der Waals surface area contributed by atoms with E-state index in [-0.39, 0.29) is 11.4 Å². The summed E-state index contributed by atoms with van der Waals surface area (Å²) in [4.78, 5) is 3.52. The molecule has 0 saturated heterocycles. The van der Waals surface area contributed by atoms with Crippen LogP contribution >= 0.6 is 0 Å². The molecule has 1 heterocycles. The Bertz CT molecular complexity index is 648. The molecular formula is C8H6F2N4O2S. The summed E-state index contributed by atoms with van der Waals surface area (Å²) in [6.45, 7) is 0. The van der Waals surface area contributed by atoms with Gasteiger partial charge in [-0.2, -0.15) is 10.1 Å². The highest BCUT2D eigenvalue weighted by molar-refractivity contribution is 7.89. The molecule has 17 heavy (non-hydrogen) atoms. The van der Waals surface area contributed by atoms with Crippen molar-refractivity contribution in [2.45, 2.75) is 5.16 Å². The fourth-order valence-corrected chi connectivity index (χ4v) is 1.57. The first-order valence-electron chi connectivity index (χ1n) is 4.28. The number of rotatable bonds is 2. The normalized spacial score (nSPS) is 11.7. The maximum Gasteiger partial charge on any atom is 0.273 e. The minimum atomic E-state index is -4.03. The van der Waals surface area contributed by atoms with E-state index in [2.05, 4.69) is 15.2 Å². The van der Waals surface area contributed by atoms with Gasteiger partial charge in [0.05, 0.1) is 0 Å². The second kappa shape index (κ2) is 3.86. The van der Waals surface area contributed by atoms with Crippen LogP contribution in [0.4, 0.5) is 8.78 Å². The Morgan fingerprint density at radius 3 is 2.24 bits per heavy atom. The standard InChI is InChI=1S/C8H6F2N4O2S/c9-5-1-4(2-6(10)3-5)7-12-8(14-13-7)17(11,15)16/h1-3H,(H2,11,15,16)(H,12,13,14). The summed E-state index contributed by atoms with van der Waals surface area (Å²) in [5.41, 5.74) is 0.00801. The molecule has 0 radical (unpaired) electrons. The number of nitrogens with zero attached hydrogens (tertiary/aromatic N) is 2. The summed E-state index contributed by atoms with van der Waals surface area (Å²) in [7, 11) is -4.03. The molecule has 0 aliphatic heterocycles. The Morgan fingerprint density at radius 2 is 1.76 bits per heavy atom. The van der Waals surface area contributed by atoms with Crippen molar-refractivity contribution in [3.05, 3.63) is 29.8 Å². The second-order valence-corrected chi connectivity index (χ2v) is 4.64. The molecule has 0 amide bonds. The number of hydrogen-bond donors (Lipinski definition) is 2. The molecule has 1 aromatic carbocycles. The molecule has 0 spiro atoms. The van der Waals surface area contributed by atoms with E-state index in [1.54, 1.807) is 0 Å². The Kier molecular flexibility index (Phi) is 2.63. The van der Waals surface area contributed by atoms with E-state index < -0.39 is 26.8 Å². The van der Waals surface area contributed by atoms with E-state index in [4.69, 9.17) is 5.14 Å². The molecule has 0 bridgehead atoms. The first-order valence-corrected chi connectivity index (χ1v) is 5.82. The second-order valence-electron chi connectivity index (χ2n) is 3.17. The van der Waals surface area contributed by atoms with Crippen LogP contribution in [-0.4, -0.2) is 23.6 Å². The molecule has 0 unspecified atom stereocenters. The van der Waals surface area contributed by atoms with Gasteiger partial charge in [-0.05, 0) is 12.1 Å². The lowest BCUT2D eigenvalue weighted by molar-refractivity contribution is 0.584. The summed E-state index contributed by atoms with van der Waals surface area (Å²) in [6.07, 6.45) is 0. The smallest absolute Gasteiger partial charge is 0.248 e. The number of sulfonamides is 1. The molecule has 0 atom stereocenters. The molecule has 3 N–H and O–H groups in total. The van der Waals surface area contributed by atoms with Gasteiger partial charge in [0.2, 0.25) is 0 Å². The molecular weight excluding hydrogens is 254 g/mol. The molecule has 0 fully saturated rings. The zero-order valence-electron chi connectivity index (χ0n) is 8.18. The van der Waals surface area contributed by atoms with Crippen molar-refractivity contribution in [1.29, 1.82) is 0 Å². The quantitative estimate of drug-likeness (QED) is 0.815. The van der Waals surface area contributed by atoms with Crippen molar-refractivity contribution >= 4 is 10.0 Å². The largest absolute Gasteiger partial charge is 0.273 e. The fourth-order valence-electron chi connectivity index (χ4n) is 1.19. The minimum absolute atomic E-state index is 0.00801. The number of nitrogens with two attached hydrogens (primary N) is 1. The predicted molar refractivity (Wildman–Crippen MR) is 53.1 cm³/mol. The van der Waals surface area contributed by atoms with E-state index >= 15 is 0 Å². The van der Waals surface area contributed by atoms with Gasteiger partial charge in [-0.25, -0.2) is 27.4 Å². The third-order valence-corrected chi connectivity index (χ3v) is 2.58. The predicted octanol–water partition coefficient (Wildman–Crippen LogP) is 0.397. The van der Waals surface area contributed by atoms with Gasteiger partial charge in [0.1, 0.15) is 11.6 Å². The molecule has 2 aromatic rings. The molecule has 0 saturated carbocycles. The van der Waals surface area contributed by atoms with Crippen molar-refractivity contribution < 1.29 is 17.2 Å². The Balaban J connectivity index is 2.51. The van der Waals surface area contributed by atoms with Gasteiger partial charge in [-0.15, -0.1) is 0 Å². The maximum atomic E-state index is 12.9. The Hall–Kier alpha value is -1.87. The molecule has 0 aliphatic carbocycles. The Morgan fingerprint density at radius 1 is 1.18 bits per heavy atom. The Labute approximate surface area is 94.5 Å². The van der Waals surface area contributed by atoms with Gasteiger partial charge in [0, 0.05) is 11.6 Å². The number of benzene rings is 1. The van der Waals surface area contributed by atoms with Crippen molar-refractivity contribution in [2.24, 2.45) is 5.14 Å². The van der Waals surface area contributed by atoms with E-state index in [9.17, 15) is 17.2 Å². The average Bonchev–Trinajstić information content (AvgIpc) is 2.63. The SMILES string of the molecule is NS(=O)(=O)c1nc(-c2cc(F)cc(F)c2)n[nH]1. The average molecular weight is 260 g/mol. The fraction of sp³-hybridized carbons (Fsp3) is 0. The molecule has 90 valence electrons. The summed E-state index contributed by atoms with van der Waals surface area (Å²) < 4.78 is 47.6. The molecule has 9 heteroatoms. The summed E-state index contributed by atoms with van der Waals surface area (Å²) in [5.74, 6) is -1.80. The first-order chi connectivity index (χ1) is 7.86. The molecule has 1 aromatic heterocycles. The highest BCUT2D eigenvalue weighted by atomic mass is 32.2. The lowest BCUT2D eigenvalue weighted by Gasteiger charge is -1.95.